The highest BCUT2D eigenvalue weighted by Gasteiger charge is 2.28. The number of hydrogen-bond donors (Lipinski definition) is 1. The van der Waals surface area contributed by atoms with E-state index >= 15 is 0 Å². The number of thiophene rings is 1. The molecule has 0 aliphatic carbocycles. The summed E-state index contributed by atoms with van der Waals surface area (Å²) in [5, 5.41) is 2.19. The van der Waals surface area contributed by atoms with Crippen LogP contribution in [0.4, 0.5) is 4.39 Å². The minimum absolute atomic E-state index is 0.162. The van der Waals surface area contributed by atoms with Crippen molar-refractivity contribution < 1.29 is 17.6 Å². The second-order valence-corrected chi connectivity index (χ2v) is 10.5. The maximum absolute atomic E-state index is 13.9. The van der Waals surface area contributed by atoms with Crippen LogP contribution in [0.5, 0.6) is 0 Å². The molecule has 3 aromatic rings. The maximum Gasteiger partial charge on any atom is 0.265 e. The molecule has 0 atom stereocenters. The largest absolute Gasteiger partial charge is 0.338 e. The van der Waals surface area contributed by atoms with E-state index in [2.05, 4.69) is 9.71 Å². The van der Waals surface area contributed by atoms with Crippen molar-refractivity contribution in [2.24, 2.45) is 0 Å². The van der Waals surface area contributed by atoms with Crippen LogP contribution in [0.3, 0.4) is 0 Å². The average Bonchev–Trinajstić information content (AvgIpc) is 3.41. The first-order chi connectivity index (χ1) is 13.9. The number of carbonyl (C=O) groups excluding carboxylic acids is 1. The molecule has 0 saturated carbocycles. The fraction of sp³-hybridized carbons (Fsp3) is 0.263. The molecule has 0 radical (unpaired) electrons. The third-order valence-electron chi connectivity index (χ3n) is 4.68. The van der Waals surface area contributed by atoms with Gasteiger partial charge in [0.15, 0.2) is 0 Å². The normalized spacial score (nSPS) is 15.6. The molecule has 2 aromatic heterocycles. The molecule has 1 aliphatic heterocycles. The Morgan fingerprint density at radius 3 is 2.62 bits per heavy atom. The van der Waals surface area contributed by atoms with Crippen molar-refractivity contribution in [2.45, 2.75) is 23.1 Å². The second-order valence-electron chi connectivity index (χ2n) is 6.63. The second kappa shape index (κ2) is 8.31. The Balaban J connectivity index is 1.38. The van der Waals surface area contributed by atoms with Gasteiger partial charge in [0.1, 0.15) is 19.9 Å². The number of rotatable bonds is 5. The number of nitrogens with zero attached hydrogens (tertiary/aromatic N) is 2. The molecule has 0 unspecified atom stereocenters. The number of amides is 1. The maximum atomic E-state index is 13.9. The SMILES string of the molecule is O=C(c1cnc(-c2ccccc2F)s1)N1CCC(NS(=O)(=O)c2cccs2)CC1. The zero-order chi connectivity index (χ0) is 20.4. The van der Waals surface area contributed by atoms with Crippen LogP contribution >= 0.6 is 22.7 Å². The summed E-state index contributed by atoms with van der Waals surface area (Å²) in [6.45, 7) is 0.896. The first kappa shape index (κ1) is 20.1. The number of hydrogen-bond acceptors (Lipinski definition) is 6. The average molecular weight is 452 g/mol. The molecule has 10 heteroatoms. The first-order valence-electron chi connectivity index (χ1n) is 9.00. The lowest BCUT2D eigenvalue weighted by molar-refractivity contribution is 0.0716. The molecule has 1 aliphatic rings. The number of likely N-dealkylation sites (tertiary alicyclic amines) is 1. The van der Waals surface area contributed by atoms with Gasteiger partial charge in [0.25, 0.3) is 5.91 Å². The molecule has 1 fully saturated rings. The van der Waals surface area contributed by atoms with Gasteiger partial charge < -0.3 is 4.90 Å². The molecule has 1 saturated heterocycles. The van der Waals surface area contributed by atoms with E-state index in [-0.39, 0.29) is 17.8 Å². The van der Waals surface area contributed by atoms with Crippen LogP contribution in [0.15, 0.2) is 52.2 Å². The van der Waals surface area contributed by atoms with E-state index in [1.54, 1.807) is 40.6 Å². The molecule has 4 rings (SSSR count). The van der Waals surface area contributed by atoms with Crippen LogP contribution in [0.25, 0.3) is 10.6 Å². The van der Waals surface area contributed by atoms with Gasteiger partial charge in [-0.15, -0.1) is 22.7 Å². The molecule has 0 bridgehead atoms. The van der Waals surface area contributed by atoms with Crippen molar-refractivity contribution in [3.05, 3.63) is 58.7 Å². The van der Waals surface area contributed by atoms with Crippen LogP contribution in [-0.2, 0) is 10.0 Å². The highest BCUT2D eigenvalue weighted by Crippen LogP contribution is 2.28. The lowest BCUT2D eigenvalue weighted by atomic mass is 10.1. The Morgan fingerprint density at radius 2 is 1.93 bits per heavy atom. The molecular weight excluding hydrogens is 433 g/mol. The molecule has 1 N–H and O–H groups in total. The number of piperidine rings is 1. The van der Waals surface area contributed by atoms with Crippen molar-refractivity contribution in [3.8, 4) is 10.6 Å². The number of carbonyl (C=O) groups is 1. The van der Waals surface area contributed by atoms with E-state index < -0.39 is 10.0 Å². The highest BCUT2D eigenvalue weighted by atomic mass is 32.2. The molecule has 1 aromatic carbocycles. The number of aromatic nitrogens is 1. The van der Waals surface area contributed by atoms with Crippen molar-refractivity contribution in [1.29, 1.82) is 0 Å². The summed E-state index contributed by atoms with van der Waals surface area (Å²) >= 11 is 2.33. The van der Waals surface area contributed by atoms with E-state index in [9.17, 15) is 17.6 Å². The third-order valence-corrected chi connectivity index (χ3v) is 8.62. The van der Waals surface area contributed by atoms with Gasteiger partial charge in [0.2, 0.25) is 10.0 Å². The summed E-state index contributed by atoms with van der Waals surface area (Å²) < 4.78 is 41.6. The minimum Gasteiger partial charge on any atom is -0.338 e. The van der Waals surface area contributed by atoms with Crippen LogP contribution in [0.1, 0.15) is 22.5 Å². The number of thiazole rings is 1. The highest BCUT2D eigenvalue weighted by molar-refractivity contribution is 7.91. The van der Waals surface area contributed by atoms with Gasteiger partial charge in [-0.1, -0.05) is 18.2 Å². The molecule has 29 heavy (non-hydrogen) atoms. The third kappa shape index (κ3) is 4.40. The van der Waals surface area contributed by atoms with Gasteiger partial charge in [-0.3, -0.25) is 4.79 Å². The van der Waals surface area contributed by atoms with Crippen molar-refractivity contribution in [2.75, 3.05) is 13.1 Å². The lowest BCUT2D eigenvalue weighted by Gasteiger charge is -2.31. The number of nitrogens with one attached hydrogen (secondary N) is 1. The summed E-state index contributed by atoms with van der Waals surface area (Å²) in [4.78, 5) is 19.1. The van der Waals surface area contributed by atoms with E-state index in [0.29, 0.717) is 45.6 Å². The molecule has 6 nitrogen and oxygen atoms in total. The smallest absolute Gasteiger partial charge is 0.265 e. The van der Waals surface area contributed by atoms with Crippen molar-refractivity contribution >= 4 is 38.6 Å². The predicted molar refractivity (Wildman–Crippen MR) is 111 cm³/mol. The van der Waals surface area contributed by atoms with Gasteiger partial charge in [-0.25, -0.2) is 22.5 Å². The fourth-order valence-corrected chi connectivity index (χ4v) is 6.41. The Labute approximate surface area is 176 Å². The van der Waals surface area contributed by atoms with Crippen molar-refractivity contribution in [1.82, 2.24) is 14.6 Å². The number of halogens is 1. The summed E-state index contributed by atoms with van der Waals surface area (Å²) in [5.41, 5.74) is 0.373. The van der Waals surface area contributed by atoms with Crippen LogP contribution in [-0.4, -0.2) is 43.3 Å². The van der Waals surface area contributed by atoms with Crippen LogP contribution in [0.2, 0.25) is 0 Å². The standard InChI is InChI=1S/C19H18FN3O3S3/c20-15-5-2-1-4-14(15)18-21-12-16(28-18)19(24)23-9-7-13(8-10-23)22-29(25,26)17-6-3-11-27-17/h1-6,11-13,22H,7-10H2. The molecule has 1 amide bonds. The molecular formula is C19H18FN3O3S3. The molecule has 0 spiro atoms. The Kier molecular flexibility index (Phi) is 5.77. The topological polar surface area (TPSA) is 79.4 Å². The van der Waals surface area contributed by atoms with Gasteiger partial charge >= 0.3 is 0 Å². The monoisotopic (exact) mass is 451 g/mol. The zero-order valence-electron chi connectivity index (χ0n) is 15.2. The summed E-state index contributed by atoms with van der Waals surface area (Å²) in [6.07, 6.45) is 2.55. The van der Waals surface area contributed by atoms with E-state index in [4.69, 9.17) is 0 Å². The lowest BCUT2D eigenvalue weighted by Crippen LogP contribution is -2.46. The summed E-state index contributed by atoms with van der Waals surface area (Å²) in [6, 6.07) is 9.39. The van der Waals surface area contributed by atoms with Crippen molar-refractivity contribution in [3.63, 3.8) is 0 Å². The van der Waals surface area contributed by atoms with E-state index in [1.165, 1.54) is 23.6 Å². The van der Waals surface area contributed by atoms with Gasteiger partial charge in [0.05, 0.1) is 6.20 Å². The van der Waals surface area contributed by atoms with E-state index in [0.717, 1.165) is 11.3 Å². The summed E-state index contributed by atoms with van der Waals surface area (Å²) in [7, 11) is -3.52. The van der Waals surface area contributed by atoms with Gasteiger partial charge in [-0.05, 0) is 36.4 Å². The number of benzene rings is 1. The van der Waals surface area contributed by atoms with E-state index in [1.807, 2.05) is 0 Å². The minimum atomic E-state index is -3.52. The molecule has 3 heterocycles. The fourth-order valence-electron chi connectivity index (χ4n) is 3.18. The van der Waals surface area contributed by atoms with Gasteiger partial charge in [0, 0.05) is 24.7 Å². The molecule has 152 valence electrons. The zero-order valence-corrected chi connectivity index (χ0v) is 17.7. The first-order valence-corrected chi connectivity index (χ1v) is 12.2. The quantitative estimate of drug-likeness (QED) is 0.643. The predicted octanol–water partition coefficient (Wildman–Crippen LogP) is 3.59. The summed E-state index contributed by atoms with van der Waals surface area (Å²) in [5.74, 6) is -0.538. The van der Waals surface area contributed by atoms with Crippen LogP contribution < -0.4 is 4.72 Å². The Bertz CT molecular complexity index is 1100. The van der Waals surface area contributed by atoms with Crippen LogP contribution in [0, 0.1) is 5.82 Å². The Hall–Kier alpha value is -2.14. The Morgan fingerprint density at radius 1 is 1.17 bits per heavy atom. The number of sulfonamides is 1. The van der Waals surface area contributed by atoms with Gasteiger partial charge in [-0.2, -0.15) is 0 Å².